The van der Waals surface area contributed by atoms with Gasteiger partial charge >= 0.3 is 12.1 Å². The average molecular weight is 373 g/mol. The molecule has 0 bridgehead atoms. The molecule has 10 heteroatoms. The van der Waals surface area contributed by atoms with Crippen molar-refractivity contribution in [1.29, 1.82) is 0 Å². The Balaban J connectivity index is 2.85. The fraction of sp³-hybridized carbons (Fsp3) is 0.462. The predicted molar refractivity (Wildman–Crippen MR) is 73.7 cm³/mol. The van der Waals surface area contributed by atoms with E-state index < -0.39 is 48.6 Å². The summed E-state index contributed by atoms with van der Waals surface area (Å²) in [5.41, 5.74) is -3.37. The second-order valence-electron chi connectivity index (χ2n) is 5.17. The van der Waals surface area contributed by atoms with E-state index in [9.17, 15) is 26.4 Å². The van der Waals surface area contributed by atoms with E-state index >= 15 is 0 Å². The van der Waals surface area contributed by atoms with Gasteiger partial charge in [0.15, 0.2) is 0 Å². The molecule has 0 N–H and O–H groups in total. The second kappa shape index (κ2) is 5.55. The molecule has 5 nitrogen and oxygen atoms in total. The number of ether oxygens (including phenoxy) is 2. The number of fused-ring (bicyclic) bond motifs is 1. The molecule has 0 saturated heterocycles. The van der Waals surface area contributed by atoms with Gasteiger partial charge in [-0.15, -0.1) is 0 Å². The maximum absolute atomic E-state index is 13.3. The Hall–Kier alpha value is -1.48. The van der Waals surface area contributed by atoms with Crippen LogP contribution >= 0.6 is 10.7 Å². The minimum absolute atomic E-state index is 0.0611. The molecule has 0 amide bonds. The summed E-state index contributed by atoms with van der Waals surface area (Å²) in [5, 5.41) is 0. The molecule has 1 heterocycles. The molecule has 0 aliphatic carbocycles. The summed E-state index contributed by atoms with van der Waals surface area (Å²) in [6.07, 6.45) is -4.85. The Bertz CT molecular complexity index is 760. The monoisotopic (exact) mass is 372 g/mol. The third-order valence-corrected chi connectivity index (χ3v) is 4.76. The van der Waals surface area contributed by atoms with Gasteiger partial charge in [-0.1, -0.05) is 0 Å². The van der Waals surface area contributed by atoms with Crippen LogP contribution in [0.15, 0.2) is 17.0 Å². The van der Waals surface area contributed by atoms with Crippen molar-refractivity contribution >= 4 is 25.7 Å². The smallest absolute Gasteiger partial charge is 0.416 e. The van der Waals surface area contributed by atoms with Gasteiger partial charge in [0, 0.05) is 24.0 Å². The Morgan fingerprint density at radius 2 is 2.00 bits per heavy atom. The highest BCUT2D eigenvalue weighted by molar-refractivity contribution is 8.13. The topological polar surface area (TPSA) is 69.7 Å². The highest BCUT2D eigenvalue weighted by atomic mass is 35.7. The normalized spacial score (nSPS) is 21.3. The molecule has 0 fully saturated rings. The van der Waals surface area contributed by atoms with Crippen LogP contribution in [0.4, 0.5) is 13.2 Å². The fourth-order valence-electron chi connectivity index (χ4n) is 2.55. The molecule has 0 spiro atoms. The summed E-state index contributed by atoms with van der Waals surface area (Å²) in [6, 6.07) is 1.31. The van der Waals surface area contributed by atoms with Gasteiger partial charge in [0.25, 0.3) is 9.05 Å². The lowest BCUT2D eigenvalue weighted by molar-refractivity contribution is -0.163. The fourth-order valence-corrected chi connectivity index (χ4v) is 3.53. The van der Waals surface area contributed by atoms with Crippen LogP contribution in [0.2, 0.25) is 0 Å². The molecule has 1 aliphatic rings. The van der Waals surface area contributed by atoms with E-state index in [1.165, 1.54) is 6.92 Å². The lowest BCUT2D eigenvalue weighted by atomic mass is 9.85. The third kappa shape index (κ3) is 3.40. The van der Waals surface area contributed by atoms with Crippen molar-refractivity contribution in [2.75, 3.05) is 6.61 Å². The summed E-state index contributed by atoms with van der Waals surface area (Å²) in [6.45, 7) is 2.20. The van der Waals surface area contributed by atoms with Gasteiger partial charge < -0.3 is 9.47 Å². The summed E-state index contributed by atoms with van der Waals surface area (Å²) in [5.74, 6) is -1.34. The van der Waals surface area contributed by atoms with Crippen LogP contribution in [0.5, 0.6) is 5.75 Å². The van der Waals surface area contributed by atoms with Crippen LogP contribution < -0.4 is 4.74 Å². The standard InChI is InChI=1S/C13H12ClF3O5S/c1-7(18)22-12(2)5-6-21-11-9(23(14,19)20)4-3-8(10(11)12)13(15,16)17/h3-4H,5-6H2,1-2H3. The number of carbonyl (C=O) groups is 1. The molecule has 23 heavy (non-hydrogen) atoms. The first kappa shape index (κ1) is 17.9. The highest BCUT2D eigenvalue weighted by Gasteiger charge is 2.47. The van der Waals surface area contributed by atoms with Gasteiger partial charge in [-0.05, 0) is 19.1 Å². The molecule has 0 saturated carbocycles. The highest BCUT2D eigenvalue weighted by Crippen LogP contribution is 2.49. The van der Waals surface area contributed by atoms with E-state index in [1.54, 1.807) is 0 Å². The van der Waals surface area contributed by atoms with E-state index in [4.69, 9.17) is 20.2 Å². The maximum atomic E-state index is 13.3. The van der Waals surface area contributed by atoms with E-state index in [0.717, 1.165) is 13.0 Å². The van der Waals surface area contributed by atoms with Crippen LogP contribution in [-0.2, 0) is 30.4 Å². The lowest BCUT2D eigenvalue weighted by Crippen LogP contribution is -2.37. The quantitative estimate of drug-likeness (QED) is 0.589. The minimum Gasteiger partial charge on any atom is -0.492 e. The van der Waals surface area contributed by atoms with Crippen molar-refractivity contribution in [3.8, 4) is 5.75 Å². The van der Waals surface area contributed by atoms with Crippen LogP contribution in [0, 0.1) is 0 Å². The van der Waals surface area contributed by atoms with E-state index in [-0.39, 0.29) is 13.0 Å². The third-order valence-electron chi connectivity index (χ3n) is 3.41. The molecule has 0 radical (unpaired) electrons. The molecule has 1 aromatic rings. The molecule has 1 aliphatic heterocycles. The summed E-state index contributed by atoms with van der Waals surface area (Å²) in [7, 11) is 0.918. The number of halogens is 4. The van der Waals surface area contributed by atoms with Gasteiger partial charge in [0.1, 0.15) is 16.2 Å². The zero-order chi connectivity index (χ0) is 17.6. The number of rotatable bonds is 2. The Morgan fingerprint density at radius 3 is 2.48 bits per heavy atom. The van der Waals surface area contributed by atoms with Crippen molar-refractivity contribution in [2.24, 2.45) is 0 Å². The van der Waals surface area contributed by atoms with Gasteiger partial charge in [-0.2, -0.15) is 13.2 Å². The van der Waals surface area contributed by atoms with Crippen molar-refractivity contribution < 1.29 is 35.9 Å². The Labute approximate surface area is 134 Å². The second-order valence-corrected chi connectivity index (χ2v) is 7.71. The van der Waals surface area contributed by atoms with Crippen molar-refractivity contribution in [2.45, 2.75) is 36.9 Å². The zero-order valence-electron chi connectivity index (χ0n) is 12.0. The first-order valence-electron chi connectivity index (χ1n) is 6.38. The molecular weight excluding hydrogens is 361 g/mol. The molecule has 1 unspecified atom stereocenters. The zero-order valence-corrected chi connectivity index (χ0v) is 13.6. The molecule has 2 rings (SSSR count). The van der Waals surface area contributed by atoms with Crippen molar-refractivity contribution in [3.05, 3.63) is 23.3 Å². The summed E-state index contributed by atoms with van der Waals surface area (Å²) >= 11 is 0. The maximum Gasteiger partial charge on any atom is 0.416 e. The summed E-state index contributed by atoms with van der Waals surface area (Å²) in [4.78, 5) is 10.7. The molecule has 0 aromatic heterocycles. The minimum atomic E-state index is -4.79. The lowest BCUT2D eigenvalue weighted by Gasteiger charge is -2.37. The largest absolute Gasteiger partial charge is 0.492 e. The molecule has 1 aromatic carbocycles. The Kier molecular flexibility index (Phi) is 4.31. The first-order chi connectivity index (χ1) is 10.4. The molecule has 1 atom stereocenters. The SMILES string of the molecule is CC(=O)OC1(C)CCOc2c(S(=O)(=O)Cl)ccc(C(F)(F)F)c21. The number of hydrogen-bond acceptors (Lipinski definition) is 5. The van der Waals surface area contributed by atoms with Crippen LogP contribution in [0.25, 0.3) is 0 Å². The van der Waals surface area contributed by atoms with Gasteiger partial charge in [-0.3, -0.25) is 4.79 Å². The van der Waals surface area contributed by atoms with E-state index in [1.807, 2.05) is 0 Å². The average Bonchev–Trinajstić information content (AvgIpc) is 2.34. The van der Waals surface area contributed by atoms with E-state index in [0.29, 0.717) is 6.07 Å². The number of benzene rings is 1. The summed E-state index contributed by atoms with van der Waals surface area (Å²) < 4.78 is 73.3. The number of carbonyl (C=O) groups excluding carboxylic acids is 1. The molecular formula is C13H12ClF3O5S. The number of alkyl halides is 3. The number of hydrogen-bond donors (Lipinski definition) is 0. The van der Waals surface area contributed by atoms with E-state index in [2.05, 4.69) is 0 Å². The van der Waals surface area contributed by atoms with Crippen molar-refractivity contribution in [1.82, 2.24) is 0 Å². The van der Waals surface area contributed by atoms with Gasteiger partial charge in [-0.25, -0.2) is 8.42 Å². The van der Waals surface area contributed by atoms with Crippen molar-refractivity contribution in [3.63, 3.8) is 0 Å². The predicted octanol–water partition coefficient (Wildman–Crippen LogP) is 3.19. The van der Waals surface area contributed by atoms with Crippen LogP contribution in [-0.4, -0.2) is 21.0 Å². The number of esters is 1. The Morgan fingerprint density at radius 1 is 1.39 bits per heavy atom. The van der Waals surface area contributed by atoms with Gasteiger partial charge in [0.05, 0.1) is 17.7 Å². The molecule has 128 valence electrons. The van der Waals surface area contributed by atoms with Gasteiger partial charge in [0.2, 0.25) is 0 Å². The van der Waals surface area contributed by atoms with Crippen LogP contribution in [0.1, 0.15) is 31.4 Å². The van der Waals surface area contributed by atoms with Crippen LogP contribution in [0.3, 0.4) is 0 Å². The first-order valence-corrected chi connectivity index (χ1v) is 8.69.